The van der Waals surface area contributed by atoms with Gasteiger partial charge in [-0.1, -0.05) is 72.3 Å². The molecule has 1 aliphatic heterocycles. The van der Waals surface area contributed by atoms with E-state index in [9.17, 15) is 0 Å². The minimum atomic E-state index is 0.690. The van der Waals surface area contributed by atoms with Crippen molar-refractivity contribution in [1.82, 2.24) is 14.5 Å². The third kappa shape index (κ3) is 3.68. The van der Waals surface area contributed by atoms with Crippen molar-refractivity contribution in [2.24, 2.45) is 0 Å². The Labute approximate surface area is 203 Å². The van der Waals surface area contributed by atoms with Crippen molar-refractivity contribution in [3.05, 3.63) is 102 Å². The summed E-state index contributed by atoms with van der Waals surface area (Å²) in [6, 6.07) is 28.9. The average molecular weight is 466 g/mol. The lowest BCUT2D eigenvalue weighted by molar-refractivity contribution is 0.649. The standard InChI is InChI=1S/C28H24ClN5/c29-24-13-7-8-14-25(24)34-19-23(21-9-3-1-4-10-21)26-27(30-20-31-28(26)34)33-17-15-32(16-18-33)22-11-5-2-6-12-22/h1-14,19-20H,15-18H2. The molecular weight excluding hydrogens is 442 g/mol. The van der Waals surface area contributed by atoms with Gasteiger partial charge < -0.3 is 9.80 Å². The molecule has 5 nitrogen and oxygen atoms in total. The quantitative estimate of drug-likeness (QED) is 0.323. The van der Waals surface area contributed by atoms with E-state index < -0.39 is 0 Å². The molecule has 1 saturated heterocycles. The molecule has 0 atom stereocenters. The minimum absolute atomic E-state index is 0.690. The zero-order valence-electron chi connectivity index (χ0n) is 18.7. The predicted molar refractivity (Wildman–Crippen MR) is 140 cm³/mol. The van der Waals surface area contributed by atoms with Gasteiger partial charge in [0.15, 0.2) is 5.65 Å². The fourth-order valence-corrected chi connectivity index (χ4v) is 4.99. The van der Waals surface area contributed by atoms with Crippen LogP contribution in [0, 0.1) is 0 Å². The second-order valence-electron chi connectivity index (χ2n) is 8.44. The minimum Gasteiger partial charge on any atom is -0.368 e. The van der Waals surface area contributed by atoms with Crippen LogP contribution in [0.2, 0.25) is 5.02 Å². The first-order valence-corrected chi connectivity index (χ1v) is 11.9. The van der Waals surface area contributed by atoms with E-state index in [-0.39, 0.29) is 0 Å². The Morgan fingerprint density at radius 1 is 0.676 bits per heavy atom. The van der Waals surface area contributed by atoms with Crippen LogP contribution in [0.1, 0.15) is 0 Å². The summed E-state index contributed by atoms with van der Waals surface area (Å²) in [5.74, 6) is 0.974. The molecule has 0 aliphatic carbocycles. The number of benzene rings is 3. The molecule has 0 radical (unpaired) electrons. The molecule has 3 aromatic carbocycles. The molecule has 0 amide bonds. The Bertz CT molecular complexity index is 1420. The van der Waals surface area contributed by atoms with E-state index in [1.54, 1.807) is 6.33 Å². The largest absolute Gasteiger partial charge is 0.368 e. The van der Waals surface area contributed by atoms with Gasteiger partial charge in [-0.3, -0.25) is 4.57 Å². The summed E-state index contributed by atoms with van der Waals surface area (Å²) in [5, 5.41) is 1.75. The number of nitrogens with zero attached hydrogens (tertiary/aromatic N) is 5. The lowest BCUT2D eigenvalue weighted by Crippen LogP contribution is -2.46. The maximum atomic E-state index is 6.60. The highest BCUT2D eigenvalue weighted by molar-refractivity contribution is 6.32. The molecule has 6 rings (SSSR count). The van der Waals surface area contributed by atoms with Crippen molar-refractivity contribution in [3.63, 3.8) is 0 Å². The van der Waals surface area contributed by atoms with Crippen molar-refractivity contribution in [1.29, 1.82) is 0 Å². The van der Waals surface area contributed by atoms with Gasteiger partial charge in [0, 0.05) is 43.6 Å². The van der Waals surface area contributed by atoms with E-state index in [0.29, 0.717) is 5.02 Å². The monoisotopic (exact) mass is 465 g/mol. The summed E-state index contributed by atoms with van der Waals surface area (Å²) >= 11 is 6.60. The molecule has 0 spiro atoms. The zero-order valence-corrected chi connectivity index (χ0v) is 19.4. The van der Waals surface area contributed by atoms with Crippen molar-refractivity contribution < 1.29 is 0 Å². The van der Waals surface area contributed by atoms with Crippen LogP contribution in [-0.2, 0) is 0 Å². The van der Waals surface area contributed by atoms with Gasteiger partial charge in [-0.25, -0.2) is 9.97 Å². The molecular formula is C28H24ClN5. The van der Waals surface area contributed by atoms with Crippen LogP contribution in [0.4, 0.5) is 11.5 Å². The zero-order chi connectivity index (χ0) is 22.9. The Morgan fingerprint density at radius 3 is 2.06 bits per heavy atom. The van der Waals surface area contributed by atoms with Crippen molar-refractivity contribution in [2.75, 3.05) is 36.0 Å². The highest BCUT2D eigenvalue weighted by Crippen LogP contribution is 2.38. The SMILES string of the molecule is Clc1ccccc1-n1cc(-c2ccccc2)c2c(N3CCN(c4ccccc4)CC3)ncnc21. The Morgan fingerprint density at radius 2 is 1.32 bits per heavy atom. The number of hydrogen-bond acceptors (Lipinski definition) is 4. The van der Waals surface area contributed by atoms with E-state index in [0.717, 1.165) is 59.8 Å². The van der Waals surface area contributed by atoms with Crippen LogP contribution in [-0.4, -0.2) is 40.7 Å². The van der Waals surface area contributed by atoms with Gasteiger partial charge in [-0.05, 0) is 29.8 Å². The summed E-state index contributed by atoms with van der Waals surface area (Å²) in [6.07, 6.45) is 3.81. The van der Waals surface area contributed by atoms with Crippen LogP contribution in [0.15, 0.2) is 97.5 Å². The number of hydrogen-bond donors (Lipinski definition) is 0. The molecule has 1 aliphatic rings. The van der Waals surface area contributed by atoms with E-state index in [1.807, 2.05) is 30.3 Å². The molecule has 3 heterocycles. The molecule has 0 saturated carbocycles. The fourth-order valence-electron chi connectivity index (χ4n) is 4.77. The molecule has 0 bridgehead atoms. The topological polar surface area (TPSA) is 37.2 Å². The summed E-state index contributed by atoms with van der Waals surface area (Å²) in [7, 11) is 0. The lowest BCUT2D eigenvalue weighted by Gasteiger charge is -2.37. The molecule has 1 fully saturated rings. The number of para-hydroxylation sites is 2. The number of aromatic nitrogens is 3. The Hall–Kier alpha value is -3.83. The normalized spacial score (nSPS) is 14.0. The lowest BCUT2D eigenvalue weighted by atomic mass is 10.1. The van der Waals surface area contributed by atoms with Gasteiger partial charge in [0.2, 0.25) is 0 Å². The molecule has 0 unspecified atom stereocenters. The summed E-state index contributed by atoms with van der Waals surface area (Å²) in [6.45, 7) is 3.68. The maximum Gasteiger partial charge on any atom is 0.150 e. The summed E-state index contributed by atoms with van der Waals surface area (Å²) in [5.41, 5.74) is 5.29. The van der Waals surface area contributed by atoms with Gasteiger partial charge in [0.05, 0.1) is 16.1 Å². The van der Waals surface area contributed by atoms with Crippen LogP contribution in [0.3, 0.4) is 0 Å². The van der Waals surface area contributed by atoms with E-state index >= 15 is 0 Å². The third-order valence-corrected chi connectivity index (χ3v) is 6.78. The second-order valence-corrected chi connectivity index (χ2v) is 8.84. The number of piperazine rings is 1. The Balaban J connectivity index is 1.45. The van der Waals surface area contributed by atoms with Gasteiger partial charge in [0.1, 0.15) is 12.1 Å². The first-order chi connectivity index (χ1) is 16.8. The average Bonchev–Trinajstić information content (AvgIpc) is 3.30. The highest BCUT2D eigenvalue weighted by Gasteiger charge is 2.24. The molecule has 5 aromatic rings. The van der Waals surface area contributed by atoms with Crippen LogP contribution in [0.25, 0.3) is 27.8 Å². The van der Waals surface area contributed by atoms with Crippen molar-refractivity contribution >= 4 is 34.1 Å². The van der Waals surface area contributed by atoms with Crippen LogP contribution in [0.5, 0.6) is 0 Å². The third-order valence-electron chi connectivity index (χ3n) is 6.46. The molecule has 2 aromatic heterocycles. The smallest absolute Gasteiger partial charge is 0.150 e. The predicted octanol–water partition coefficient (Wildman–Crippen LogP) is 6.07. The number of rotatable bonds is 4. The maximum absolute atomic E-state index is 6.60. The fraction of sp³-hybridized carbons (Fsp3) is 0.143. The van der Waals surface area contributed by atoms with Gasteiger partial charge in [0.25, 0.3) is 0 Å². The Kier molecular flexibility index (Phi) is 5.40. The van der Waals surface area contributed by atoms with Gasteiger partial charge >= 0.3 is 0 Å². The molecule has 34 heavy (non-hydrogen) atoms. The molecule has 168 valence electrons. The number of anilines is 2. The highest BCUT2D eigenvalue weighted by atomic mass is 35.5. The summed E-state index contributed by atoms with van der Waals surface area (Å²) in [4.78, 5) is 14.3. The van der Waals surface area contributed by atoms with Gasteiger partial charge in [-0.15, -0.1) is 0 Å². The summed E-state index contributed by atoms with van der Waals surface area (Å²) < 4.78 is 2.09. The number of fused-ring (bicyclic) bond motifs is 1. The first kappa shape index (κ1) is 20.8. The number of halogens is 1. The van der Waals surface area contributed by atoms with Crippen molar-refractivity contribution in [3.8, 4) is 16.8 Å². The molecule has 6 heteroatoms. The van der Waals surface area contributed by atoms with Crippen LogP contribution >= 0.6 is 11.6 Å². The van der Waals surface area contributed by atoms with E-state index in [2.05, 4.69) is 75.2 Å². The van der Waals surface area contributed by atoms with Crippen molar-refractivity contribution in [2.45, 2.75) is 0 Å². The second kappa shape index (κ2) is 8.84. The van der Waals surface area contributed by atoms with E-state index in [1.165, 1.54) is 5.69 Å². The van der Waals surface area contributed by atoms with Crippen LogP contribution < -0.4 is 9.80 Å². The van der Waals surface area contributed by atoms with E-state index in [4.69, 9.17) is 21.6 Å². The first-order valence-electron chi connectivity index (χ1n) is 11.5. The van der Waals surface area contributed by atoms with Gasteiger partial charge in [-0.2, -0.15) is 0 Å². The molecule has 0 N–H and O–H groups in total.